The van der Waals surface area contributed by atoms with E-state index in [4.69, 9.17) is 5.26 Å². The molecular formula is C18H14BrN5. The molecule has 118 valence electrons. The third kappa shape index (κ3) is 4.09. The highest BCUT2D eigenvalue weighted by molar-refractivity contribution is 9.10. The van der Waals surface area contributed by atoms with E-state index in [2.05, 4.69) is 42.6 Å². The Hall–Kier alpha value is -2.91. The highest BCUT2D eigenvalue weighted by Crippen LogP contribution is 2.21. The van der Waals surface area contributed by atoms with Crippen molar-refractivity contribution >= 4 is 39.1 Å². The molecule has 0 spiro atoms. The van der Waals surface area contributed by atoms with Gasteiger partial charge in [0.1, 0.15) is 5.82 Å². The maximum Gasteiger partial charge on any atom is 0.229 e. The molecule has 0 fully saturated rings. The monoisotopic (exact) mass is 379 g/mol. The number of hydrogen-bond donors (Lipinski definition) is 2. The first-order valence-corrected chi connectivity index (χ1v) is 8.07. The number of hydrogen-bond acceptors (Lipinski definition) is 5. The molecule has 0 atom stereocenters. The standard InChI is InChI=1S/C18H14BrN5/c1-12-9-17(22-15-7-5-14(19)6-8-15)24-18(21-12)23-16-4-2-3-13(10-16)11-20/h2-10H,1H3,(H2,21,22,23,24). The summed E-state index contributed by atoms with van der Waals surface area (Å²) in [6.45, 7) is 1.91. The number of anilines is 4. The summed E-state index contributed by atoms with van der Waals surface area (Å²) in [5.41, 5.74) is 3.13. The number of halogens is 1. The van der Waals surface area contributed by atoms with Gasteiger partial charge >= 0.3 is 0 Å². The van der Waals surface area contributed by atoms with E-state index in [1.165, 1.54) is 0 Å². The summed E-state index contributed by atoms with van der Waals surface area (Å²) in [5.74, 6) is 1.17. The van der Waals surface area contributed by atoms with Crippen molar-refractivity contribution < 1.29 is 0 Å². The minimum Gasteiger partial charge on any atom is -0.340 e. The lowest BCUT2D eigenvalue weighted by molar-refractivity contribution is 1.11. The van der Waals surface area contributed by atoms with E-state index < -0.39 is 0 Å². The number of benzene rings is 2. The Morgan fingerprint density at radius 2 is 1.75 bits per heavy atom. The second-order valence-corrected chi connectivity index (χ2v) is 6.08. The lowest BCUT2D eigenvalue weighted by Gasteiger charge is -2.10. The highest BCUT2D eigenvalue weighted by atomic mass is 79.9. The van der Waals surface area contributed by atoms with Gasteiger partial charge in [-0.2, -0.15) is 10.2 Å². The Morgan fingerprint density at radius 1 is 0.958 bits per heavy atom. The number of nitriles is 1. The molecule has 0 saturated heterocycles. The number of aryl methyl sites for hydroxylation is 1. The molecule has 0 saturated carbocycles. The molecule has 0 aliphatic rings. The molecule has 3 aromatic rings. The van der Waals surface area contributed by atoms with E-state index in [0.717, 1.165) is 21.5 Å². The molecule has 2 N–H and O–H groups in total. The zero-order valence-electron chi connectivity index (χ0n) is 12.9. The Morgan fingerprint density at radius 3 is 2.50 bits per heavy atom. The maximum atomic E-state index is 8.98. The zero-order chi connectivity index (χ0) is 16.9. The second kappa shape index (κ2) is 7.11. The molecule has 1 heterocycles. The lowest BCUT2D eigenvalue weighted by Crippen LogP contribution is -2.02. The van der Waals surface area contributed by atoms with E-state index in [1.807, 2.05) is 49.4 Å². The predicted octanol–water partition coefficient (Wildman–Crippen LogP) is 4.91. The van der Waals surface area contributed by atoms with Crippen molar-refractivity contribution in [2.24, 2.45) is 0 Å². The van der Waals surface area contributed by atoms with Gasteiger partial charge in [0.2, 0.25) is 5.95 Å². The van der Waals surface area contributed by atoms with Crippen molar-refractivity contribution in [1.82, 2.24) is 9.97 Å². The van der Waals surface area contributed by atoms with Crippen LogP contribution in [-0.4, -0.2) is 9.97 Å². The van der Waals surface area contributed by atoms with E-state index >= 15 is 0 Å². The van der Waals surface area contributed by atoms with Crippen LogP contribution >= 0.6 is 15.9 Å². The fourth-order valence-electron chi connectivity index (χ4n) is 2.17. The molecule has 0 aliphatic heterocycles. The molecule has 5 nitrogen and oxygen atoms in total. The summed E-state index contributed by atoms with van der Waals surface area (Å²) in [5, 5.41) is 15.4. The van der Waals surface area contributed by atoms with Crippen LogP contribution in [0, 0.1) is 18.3 Å². The van der Waals surface area contributed by atoms with Crippen LogP contribution in [0.5, 0.6) is 0 Å². The summed E-state index contributed by atoms with van der Waals surface area (Å²) in [6.07, 6.45) is 0. The first kappa shape index (κ1) is 16.0. The van der Waals surface area contributed by atoms with Crippen molar-refractivity contribution in [3.63, 3.8) is 0 Å². The molecule has 2 aromatic carbocycles. The Kier molecular flexibility index (Phi) is 4.73. The zero-order valence-corrected chi connectivity index (χ0v) is 14.5. The molecule has 0 bridgehead atoms. The minimum absolute atomic E-state index is 0.477. The predicted molar refractivity (Wildman–Crippen MR) is 98.6 cm³/mol. The number of aromatic nitrogens is 2. The largest absolute Gasteiger partial charge is 0.340 e. The van der Waals surface area contributed by atoms with Crippen molar-refractivity contribution in [3.8, 4) is 6.07 Å². The van der Waals surface area contributed by atoms with Gasteiger partial charge in [-0.1, -0.05) is 22.0 Å². The van der Waals surface area contributed by atoms with Crippen LogP contribution < -0.4 is 10.6 Å². The average molecular weight is 380 g/mol. The summed E-state index contributed by atoms with van der Waals surface area (Å²) < 4.78 is 1.02. The van der Waals surface area contributed by atoms with Crippen LogP contribution in [0.2, 0.25) is 0 Å². The third-order valence-corrected chi connectivity index (χ3v) is 3.75. The Bertz CT molecular complexity index is 900. The fraction of sp³-hybridized carbons (Fsp3) is 0.0556. The molecule has 24 heavy (non-hydrogen) atoms. The van der Waals surface area contributed by atoms with Crippen molar-refractivity contribution in [1.29, 1.82) is 5.26 Å². The maximum absolute atomic E-state index is 8.98. The molecular weight excluding hydrogens is 366 g/mol. The van der Waals surface area contributed by atoms with Crippen molar-refractivity contribution in [2.75, 3.05) is 10.6 Å². The van der Waals surface area contributed by atoms with Crippen LogP contribution in [0.4, 0.5) is 23.1 Å². The lowest BCUT2D eigenvalue weighted by atomic mass is 10.2. The van der Waals surface area contributed by atoms with Gasteiger partial charge in [0.25, 0.3) is 0 Å². The minimum atomic E-state index is 0.477. The van der Waals surface area contributed by atoms with Gasteiger partial charge in [-0.3, -0.25) is 0 Å². The molecule has 1 aromatic heterocycles. The molecule has 3 rings (SSSR count). The molecule has 0 unspecified atom stereocenters. The number of nitrogens with one attached hydrogen (secondary N) is 2. The van der Waals surface area contributed by atoms with Gasteiger partial charge < -0.3 is 10.6 Å². The highest BCUT2D eigenvalue weighted by Gasteiger charge is 2.04. The fourth-order valence-corrected chi connectivity index (χ4v) is 2.43. The Balaban J connectivity index is 1.83. The normalized spacial score (nSPS) is 10.0. The van der Waals surface area contributed by atoms with E-state index in [0.29, 0.717) is 17.3 Å². The summed E-state index contributed by atoms with van der Waals surface area (Å²) >= 11 is 3.42. The van der Waals surface area contributed by atoms with E-state index in [1.54, 1.807) is 12.1 Å². The van der Waals surface area contributed by atoms with Gasteiger partial charge in [0, 0.05) is 27.6 Å². The van der Waals surface area contributed by atoms with Crippen LogP contribution in [0.15, 0.2) is 59.1 Å². The van der Waals surface area contributed by atoms with Crippen molar-refractivity contribution in [2.45, 2.75) is 6.92 Å². The molecule has 0 aliphatic carbocycles. The van der Waals surface area contributed by atoms with Crippen LogP contribution in [0.1, 0.15) is 11.3 Å². The molecule has 0 radical (unpaired) electrons. The summed E-state index contributed by atoms with van der Waals surface area (Å²) in [6, 6.07) is 19.0. The van der Waals surface area contributed by atoms with E-state index in [9.17, 15) is 0 Å². The van der Waals surface area contributed by atoms with E-state index in [-0.39, 0.29) is 0 Å². The van der Waals surface area contributed by atoms with Gasteiger partial charge in [0.15, 0.2) is 0 Å². The first-order valence-electron chi connectivity index (χ1n) is 7.28. The second-order valence-electron chi connectivity index (χ2n) is 5.17. The SMILES string of the molecule is Cc1cc(Nc2ccc(Br)cc2)nc(Nc2cccc(C#N)c2)n1. The summed E-state index contributed by atoms with van der Waals surface area (Å²) in [4.78, 5) is 8.86. The van der Waals surface area contributed by atoms with Gasteiger partial charge in [-0.05, 0) is 49.4 Å². The molecule has 0 amide bonds. The molecule has 6 heteroatoms. The van der Waals surface area contributed by atoms with Gasteiger partial charge in [0.05, 0.1) is 11.6 Å². The average Bonchev–Trinajstić information content (AvgIpc) is 2.56. The van der Waals surface area contributed by atoms with Gasteiger partial charge in [-0.15, -0.1) is 0 Å². The Labute approximate surface area is 148 Å². The smallest absolute Gasteiger partial charge is 0.229 e. The quantitative estimate of drug-likeness (QED) is 0.673. The van der Waals surface area contributed by atoms with Crippen LogP contribution in [0.3, 0.4) is 0 Å². The van der Waals surface area contributed by atoms with Crippen LogP contribution in [0.25, 0.3) is 0 Å². The number of rotatable bonds is 4. The van der Waals surface area contributed by atoms with Crippen LogP contribution in [-0.2, 0) is 0 Å². The first-order chi connectivity index (χ1) is 11.6. The topological polar surface area (TPSA) is 73.6 Å². The number of nitrogens with zero attached hydrogens (tertiary/aromatic N) is 3. The summed E-state index contributed by atoms with van der Waals surface area (Å²) in [7, 11) is 0. The van der Waals surface area contributed by atoms with Crippen molar-refractivity contribution in [3.05, 3.63) is 70.3 Å². The van der Waals surface area contributed by atoms with Gasteiger partial charge in [-0.25, -0.2) is 4.98 Å². The third-order valence-electron chi connectivity index (χ3n) is 3.22.